The molecule has 10 heteroatoms. The first kappa shape index (κ1) is 23.7. The van der Waals surface area contributed by atoms with Crippen molar-refractivity contribution in [3.8, 4) is 5.69 Å². The predicted molar refractivity (Wildman–Crippen MR) is 134 cm³/mol. The molecular weight excluding hydrogens is 472 g/mol. The molecule has 0 atom stereocenters. The zero-order valence-electron chi connectivity index (χ0n) is 18.5. The summed E-state index contributed by atoms with van der Waals surface area (Å²) in [5, 5.41) is 3.64. The average molecular weight is 495 g/mol. The van der Waals surface area contributed by atoms with E-state index in [-0.39, 0.29) is 22.1 Å². The van der Waals surface area contributed by atoms with E-state index < -0.39 is 10.0 Å². The lowest BCUT2D eigenvalue weighted by molar-refractivity contribution is -0.113. The third kappa shape index (κ3) is 4.89. The van der Waals surface area contributed by atoms with E-state index >= 15 is 0 Å². The Morgan fingerprint density at radius 3 is 2.29 bits per heavy atom. The molecule has 1 heterocycles. The first-order valence-corrected chi connectivity index (χ1v) is 12.7. The number of sulfonamides is 1. The van der Waals surface area contributed by atoms with E-state index in [9.17, 15) is 18.0 Å². The Morgan fingerprint density at radius 2 is 1.62 bits per heavy atom. The van der Waals surface area contributed by atoms with E-state index in [2.05, 4.69) is 10.3 Å². The summed E-state index contributed by atoms with van der Waals surface area (Å²) in [6, 6.07) is 22.2. The molecule has 0 unspecified atom stereocenters. The van der Waals surface area contributed by atoms with Gasteiger partial charge in [0.05, 0.1) is 27.2 Å². The standard InChI is InChI=1S/C24H22N4O4S2/c1-27(2)34(31,32)19-14-12-17(13-15-19)25-22(29)16-33-24-26-21-11-7-6-10-20(21)23(30)28(24)18-8-4-3-5-9-18/h3-15H,16H2,1-2H3,(H,25,29). The zero-order valence-corrected chi connectivity index (χ0v) is 20.1. The molecule has 0 aliphatic heterocycles. The smallest absolute Gasteiger partial charge is 0.266 e. The van der Waals surface area contributed by atoms with Gasteiger partial charge in [-0.2, -0.15) is 0 Å². The second-order valence-electron chi connectivity index (χ2n) is 7.54. The average Bonchev–Trinajstić information content (AvgIpc) is 2.83. The molecule has 1 aromatic heterocycles. The van der Waals surface area contributed by atoms with Gasteiger partial charge < -0.3 is 5.32 Å². The number of benzene rings is 3. The van der Waals surface area contributed by atoms with Crippen LogP contribution in [0.4, 0.5) is 5.69 Å². The van der Waals surface area contributed by atoms with Gasteiger partial charge in [0.25, 0.3) is 5.56 Å². The predicted octanol–water partition coefficient (Wildman–Crippen LogP) is 3.37. The Labute approximate surface area is 201 Å². The van der Waals surface area contributed by atoms with Crippen molar-refractivity contribution in [1.82, 2.24) is 13.9 Å². The van der Waals surface area contributed by atoms with Crippen molar-refractivity contribution in [1.29, 1.82) is 0 Å². The number of para-hydroxylation sites is 2. The number of carbonyl (C=O) groups is 1. The van der Waals surface area contributed by atoms with E-state index in [0.717, 1.165) is 16.1 Å². The normalized spacial score (nSPS) is 11.6. The number of thioether (sulfide) groups is 1. The maximum absolute atomic E-state index is 13.2. The molecule has 8 nitrogen and oxygen atoms in total. The summed E-state index contributed by atoms with van der Waals surface area (Å²) in [4.78, 5) is 30.6. The second-order valence-corrected chi connectivity index (χ2v) is 10.6. The minimum atomic E-state index is -3.55. The molecule has 3 aromatic carbocycles. The number of nitrogens with zero attached hydrogens (tertiary/aromatic N) is 3. The van der Waals surface area contributed by atoms with Crippen LogP contribution in [-0.2, 0) is 14.8 Å². The number of rotatable bonds is 7. The zero-order chi connectivity index (χ0) is 24.3. The number of amides is 1. The number of hydrogen-bond acceptors (Lipinski definition) is 6. The van der Waals surface area contributed by atoms with Crippen LogP contribution in [0.1, 0.15) is 0 Å². The van der Waals surface area contributed by atoms with E-state index in [1.165, 1.54) is 42.9 Å². The Kier molecular flexibility index (Phi) is 6.82. The first-order chi connectivity index (χ1) is 16.3. The third-order valence-corrected chi connectivity index (χ3v) is 7.78. The molecule has 0 spiro atoms. The van der Waals surface area contributed by atoms with Crippen LogP contribution in [0, 0.1) is 0 Å². The van der Waals surface area contributed by atoms with Gasteiger partial charge in [0.15, 0.2) is 5.16 Å². The molecule has 174 valence electrons. The highest BCUT2D eigenvalue weighted by molar-refractivity contribution is 7.99. The van der Waals surface area contributed by atoms with Gasteiger partial charge in [-0.1, -0.05) is 42.1 Å². The summed E-state index contributed by atoms with van der Waals surface area (Å²) in [5.74, 6) is -0.301. The first-order valence-electron chi connectivity index (χ1n) is 10.3. The fraction of sp³-hybridized carbons (Fsp3) is 0.125. The number of aromatic nitrogens is 2. The van der Waals surface area contributed by atoms with E-state index in [1.54, 1.807) is 18.2 Å². The molecular formula is C24H22N4O4S2. The molecule has 34 heavy (non-hydrogen) atoms. The van der Waals surface area contributed by atoms with Crippen LogP contribution in [0.15, 0.2) is 93.7 Å². The number of fused-ring (bicyclic) bond motifs is 1. The summed E-state index contributed by atoms with van der Waals surface area (Å²) in [5.41, 5.74) is 1.47. The quantitative estimate of drug-likeness (QED) is 0.312. The van der Waals surface area contributed by atoms with Crippen molar-refractivity contribution in [3.05, 3.63) is 89.2 Å². The molecule has 0 aliphatic carbocycles. The Hall–Kier alpha value is -3.47. The minimum absolute atomic E-state index is 0.00929. The van der Waals surface area contributed by atoms with Crippen LogP contribution in [0.5, 0.6) is 0 Å². The Morgan fingerprint density at radius 1 is 0.971 bits per heavy atom. The summed E-state index contributed by atoms with van der Waals surface area (Å²) in [7, 11) is -0.633. The van der Waals surface area contributed by atoms with Gasteiger partial charge in [0.2, 0.25) is 15.9 Å². The van der Waals surface area contributed by atoms with E-state index in [0.29, 0.717) is 27.4 Å². The molecule has 4 aromatic rings. The number of anilines is 1. The maximum atomic E-state index is 13.2. The highest BCUT2D eigenvalue weighted by Crippen LogP contribution is 2.22. The molecule has 4 rings (SSSR count). The van der Waals surface area contributed by atoms with Crippen LogP contribution in [0.2, 0.25) is 0 Å². The lowest BCUT2D eigenvalue weighted by Crippen LogP contribution is -2.23. The van der Waals surface area contributed by atoms with Crippen LogP contribution in [0.25, 0.3) is 16.6 Å². The monoisotopic (exact) mass is 494 g/mol. The molecule has 1 amide bonds. The second kappa shape index (κ2) is 9.80. The molecule has 0 saturated heterocycles. The van der Waals surface area contributed by atoms with Crippen molar-refractivity contribution in [2.24, 2.45) is 0 Å². The number of hydrogen-bond donors (Lipinski definition) is 1. The van der Waals surface area contributed by atoms with E-state index in [4.69, 9.17) is 0 Å². The molecule has 0 aliphatic rings. The van der Waals surface area contributed by atoms with Gasteiger partial charge >= 0.3 is 0 Å². The van der Waals surface area contributed by atoms with Crippen LogP contribution < -0.4 is 10.9 Å². The van der Waals surface area contributed by atoms with Crippen molar-refractivity contribution in [3.63, 3.8) is 0 Å². The van der Waals surface area contributed by atoms with Gasteiger partial charge in [-0.15, -0.1) is 0 Å². The molecule has 0 saturated carbocycles. The third-order valence-electron chi connectivity index (χ3n) is 5.01. The van der Waals surface area contributed by atoms with Gasteiger partial charge in [0.1, 0.15) is 0 Å². The summed E-state index contributed by atoms with van der Waals surface area (Å²) in [6.45, 7) is 0. The van der Waals surface area contributed by atoms with Crippen molar-refractivity contribution < 1.29 is 13.2 Å². The van der Waals surface area contributed by atoms with Crippen LogP contribution in [0.3, 0.4) is 0 Å². The lowest BCUT2D eigenvalue weighted by Gasteiger charge is -2.13. The van der Waals surface area contributed by atoms with Gasteiger partial charge in [-0.25, -0.2) is 17.7 Å². The van der Waals surface area contributed by atoms with Crippen LogP contribution >= 0.6 is 11.8 Å². The van der Waals surface area contributed by atoms with Crippen molar-refractivity contribution in [2.75, 3.05) is 25.2 Å². The highest BCUT2D eigenvalue weighted by Gasteiger charge is 2.17. The highest BCUT2D eigenvalue weighted by atomic mass is 32.2. The summed E-state index contributed by atoms with van der Waals surface area (Å²) >= 11 is 1.15. The topological polar surface area (TPSA) is 101 Å². The number of nitrogens with one attached hydrogen (secondary N) is 1. The van der Waals surface area contributed by atoms with Gasteiger partial charge in [-0.3, -0.25) is 14.2 Å². The Bertz CT molecular complexity index is 1500. The summed E-state index contributed by atoms with van der Waals surface area (Å²) < 4.78 is 27.0. The lowest BCUT2D eigenvalue weighted by atomic mass is 10.2. The fourth-order valence-electron chi connectivity index (χ4n) is 3.26. The molecule has 0 bridgehead atoms. The SMILES string of the molecule is CN(C)S(=O)(=O)c1ccc(NC(=O)CSc2nc3ccccc3c(=O)n2-c2ccccc2)cc1. The van der Waals surface area contributed by atoms with E-state index in [1.807, 2.05) is 36.4 Å². The fourth-order valence-corrected chi connectivity index (χ4v) is 4.98. The van der Waals surface area contributed by atoms with Crippen LogP contribution in [-0.4, -0.2) is 48.0 Å². The van der Waals surface area contributed by atoms with Crippen molar-refractivity contribution in [2.45, 2.75) is 10.1 Å². The number of carbonyl (C=O) groups excluding carboxylic acids is 1. The van der Waals surface area contributed by atoms with Crippen molar-refractivity contribution >= 4 is 44.3 Å². The summed E-state index contributed by atoms with van der Waals surface area (Å²) in [6.07, 6.45) is 0. The molecule has 0 radical (unpaired) electrons. The minimum Gasteiger partial charge on any atom is -0.325 e. The maximum Gasteiger partial charge on any atom is 0.266 e. The van der Waals surface area contributed by atoms with Gasteiger partial charge in [-0.05, 0) is 48.5 Å². The molecule has 0 fully saturated rings. The molecule has 1 N–H and O–H groups in total. The largest absolute Gasteiger partial charge is 0.325 e. The Balaban J connectivity index is 1.56. The van der Waals surface area contributed by atoms with Gasteiger partial charge in [0, 0.05) is 19.8 Å².